The summed E-state index contributed by atoms with van der Waals surface area (Å²) < 4.78 is 2.27. The molecule has 1 aromatic heterocycles. The molecule has 0 aliphatic carbocycles. The summed E-state index contributed by atoms with van der Waals surface area (Å²) in [6.07, 6.45) is 1.99. The van der Waals surface area contributed by atoms with Gasteiger partial charge in [0.15, 0.2) is 0 Å². The second kappa shape index (κ2) is 20.5. The van der Waals surface area contributed by atoms with Crippen LogP contribution < -0.4 is 0 Å². The van der Waals surface area contributed by atoms with E-state index in [2.05, 4.69) is 238 Å². The number of aromatic nitrogens is 2. The van der Waals surface area contributed by atoms with E-state index in [1.807, 2.05) is 18.5 Å². The number of benzene rings is 8. The van der Waals surface area contributed by atoms with Gasteiger partial charge in [-0.25, -0.2) is 10.5 Å². The second-order valence-electron chi connectivity index (χ2n) is 20.6. The van der Waals surface area contributed by atoms with E-state index in [1.165, 1.54) is 55.6 Å². The van der Waals surface area contributed by atoms with Crippen molar-refractivity contribution in [1.82, 2.24) is 9.55 Å². The van der Waals surface area contributed by atoms with Gasteiger partial charge in [-0.15, -0.1) is 28.8 Å². The van der Waals surface area contributed by atoms with Gasteiger partial charge < -0.3 is 5.11 Å². The molecule has 4 heteroatoms. The summed E-state index contributed by atoms with van der Waals surface area (Å²) in [5, 5.41) is 9.59. The van der Waals surface area contributed by atoms with E-state index in [4.69, 9.17) is 4.98 Å². The molecule has 0 saturated heterocycles. The third-order valence-electron chi connectivity index (χ3n) is 12.8. The summed E-state index contributed by atoms with van der Waals surface area (Å²) >= 11 is 0. The molecule has 0 aliphatic heterocycles. The predicted molar refractivity (Wildman–Crippen MR) is 284 cm³/mol. The monoisotopic (exact) mass is 1070 g/mol. The van der Waals surface area contributed by atoms with E-state index < -0.39 is 0 Å². The molecule has 0 unspecified atom stereocenters. The van der Waals surface area contributed by atoms with Crippen molar-refractivity contribution in [3.8, 4) is 67.1 Å². The number of nitrogens with zero attached hydrogens (tertiary/aromatic N) is 2. The number of hydrogen-bond donors (Lipinski definition) is 1. The molecule has 0 amide bonds. The number of phenolic OH excluding ortho intramolecular Hbond substituents is 1. The molecule has 0 bridgehead atoms. The zero-order valence-electron chi connectivity index (χ0n) is 41.5. The molecule has 9 aromatic rings. The van der Waals surface area contributed by atoms with Crippen LogP contribution in [0.5, 0.6) is 5.75 Å². The fourth-order valence-corrected chi connectivity index (χ4v) is 8.80. The SMILES string of the molecule is CC(C)c1ccc(O)c(C(C)C)c1.Cc1ccc(-c2cc[c-]c(-c3[c-]c(-c4cccc5c4ncn5-c4cc(-c5ccccc5)c(C(C)(C)C)cc4-c4ccccc4)cc(C(C)(C)C)c3)c2)cc1.[Pt+2]. The maximum atomic E-state index is 9.59. The first-order valence-electron chi connectivity index (χ1n) is 23.7. The quantitative estimate of drug-likeness (QED) is 0.154. The minimum Gasteiger partial charge on any atom is -0.508 e. The van der Waals surface area contributed by atoms with Crippen molar-refractivity contribution in [2.45, 2.75) is 98.8 Å². The number of para-hydroxylation sites is 1. The average Bonchev–Trinajstić information content (AvgIpc) is 3.76. The van der Waals surface area contributed by atoms with Gasteiger partial charge in [-0.2, -0.15) is 35.9 Å². The minimum absolute atomic E-state index is 0. The van der Waals surface area contributed by atoms with Gasteiger partial charge >= 0.3 is 21.1 Å². The number of rotatable bonds is 8. The van der Waals surface area contributed by atoms with E-state index in [0.717, 1.165) is 44.5 Å². The van der Waals surface area contributed by atoms with Crippen molar-refractivity contribution in [2.75, 3.05) is 0 Å². The largest absolute Gasteiger partial charge is 2.00 e. The Morgan fingerprint density at radius 3 is 1.81 bits per heavy atom. The van der Waals surface area contributed by atoms with E-state index in [-0.39, 0.29) is 31.9 Å². The van der Waals surface area contributed by atoms with Crippen LogP contribution in [0.1, 0.15) is 109 Å². The zero-order chi connectivity index (χ0) is 47.6. The third-order valence-corrected chi connectivity index (χ3v) is 12.8. The standard InChI is InChI=1S/C52H46N2.C12H18O.Pt/c1-35-24-26-36(27-25-35)39-20-14-21-40(28-39)41-29-42(31-43(30-41)51(2,3)4)44-22-15-23-48-50(44)53-34-54(48)49-33-45(37-16-10-8-11-17-37)47(52(5,6)7)32-46(49)38-18-12-9-13-19-38;1-8(2)10-5-6-12(13)11(7-10)9(3)4;/h8-20,22-28,30-34H,1-7H3;5-9,13H,1-4H3;/q-2;;+2. The Morgan fingerprint density at radius 2 is 1.19 bits per heavy atom. The van der Waals surface area contributed by atoms with Crippen LogP contribution in [0.3, 0.4) is 0 Å². The first-order valence-corrected chi connectivity index (χ1v) is 23.7. The molecule has 1 N–H and O–H groups in total. The average molecular weight is 1070 g/mol. The molecule has 0 saturated carbocycles. The summed E-state index contributed by atoms with van der Waals surface area (Å²) in [5.74, 6) is 1.33. The summed E-state index contributed by atoms with van der Waals surface area (Å²) in [4.78, 5) is 5.17. The summed E-state index contributed by atoms with van der Waals surface area (Å²) in [6, 6.07) is 65.7. The molecule has 9 rings (SSSR count). The molecule has 0 aliphatic rings. The Bertz CT molecular complexity index is 3150. The van der Waals surface area contributed by atoms with Crippen LogP contribution in [-0.2, 0) is 31.9 Å². The predicted octanol–water partition coefficient (Wildman–Crippen LogP) is 17.5. The Morgan fingerprint density at radius 1 is 0.544 bits per heavy atom. The topological polar surface area (TPSA) is 38.1 Å². The van der Waals surface area contributed by atoms with Crippen LogP contribution in [0.15, 0.2) is 170 Å². The van der Waals surface area contributed by atoms with Crippen molar-refractivity contribution >= 4 is 11.0 Å². The van der Waals surface area contributed by atoms with Gasteiger partial charge in [-0.3, -0.25) is 4.57 Å². The van der Waals surface area contributed by atoms with Gasteiger partial charge in [0, 0.05) is 5.56 Å². The molecule has 0 radical (unpaired) electrons. The fourth-order valence-electron chi connectivity index (χ4n) is 8.80. The molecule has 0 spiro atoms. The van der Waals surface area contributed by atoms with Gasteiger partial charge in [0.05, 0.1) is 23.0 Å². The van der Waals surface area contributed by atoms with Gasteiger partial charge in [-0.05, 0) is 92.8 Å². The molecular formula is C64H64N2OPt. The first kappa shape index (κ1) is 49.6. The van der Waals surface area contributed by atoms with Crippen molar-refractivity contribution in [2.24, 2.45) is 0 Å². The maximum Gasteiger partial charge on any atom is 2.00 e. The van der Waals surface area contributed by atoms with Gasteiger partial charge in [0.2, 0.25) is 0 Å². The first-order chi connectivity index (χ1) is 32.0. The third kappa shape index (κ3) is 10.9. The second-order valence-corrected chi connectivity index (χ2v) is 20.6. The normalized spacial score (nSPS) is 11.7. The van der Waals surface area contributed by atoms with Crippen LogP contribution in [0, 0.1) is 19.1 Å². The van der Waals surface area contributed by atoms with Crippen LogP contribution in [0.2, 0.25) is 0 Å². The van der Waals surface area contributed by atoms with E-state index in [1.54, 1.807) is 6.07 Å². The maximum absolute atomic E-state index is 9.59. The Labute approximate surface area is 420 Å². The molecule has 3 nitrogen and oxygen atoms in total. The summed E-state index contributed by atoms with van der Waals surface area (Å²) in [5.41, 5.74) is 20.4. The number of hydrogen-bond acceptors (Lipinski definition) is 2. The van der Waals surface area contributed by atoms with Crippen LogP contribution in [0.4, 0.5) is 0 Å². The van der Waals surface area contributed by atoms with E-state index >= 15 is 0 Å². The smallest absolute Gasteiger partial charge is 0.508 e. The Balaban J connectivity index is 0.000000425. The molecule has 0 atom stereocenters. The zero-order valence-corrected chi connectivity index (χ0v) is 43.8. The minimum atomic E-state index is -0.0757. The van der Waals surface area contributed by atoms with Crippen LogP contribution in [0.25, 0.3) is 72.4 Å². The Hall–Kier alpha value is -6.28. The van der Waals surface area contributed by atoms with Gasteiger partial charge in [0.1, 0.15) is 5.75 Å². The molecule has 1 heterocycles. The molecule has 68 heavy (non-hydrogen) atoms. The number of aryl methyl sites for hydroxylation is 1. The van der Waals surface area contributed by atoms with Crippen molar-refractivity contribution in [3.05, 3.63) is 210 Å². The molecule has 8 aromatic carbocycles. The molecular weight excluding hydrogens is 1010 g/mol. The number of aromatic hydroxyl groups is 1. The van der Waals surface area contributed by atoms with Crippen molar-refractivity contribution in [3.63, 3.8) is 0 Å². The van der Waals surface area contributed by atoms with Gasteiger partial charge in [0.25, 0.3) is 0 Å². The number of imidazole rings is 1. The Kier molecular flexibility index (Phi) is 15.0. The molecule has 0 fully saturated rings. The van der Waals surface area contributed by atoms with Crippen molar-refractivity contribution in [1.29, 1.82) is 0 Å². The number of phenols is 1. The van der Waals surface area contributed by atoms with E-state index in [0.29, 0.717) is 17.6 Å². The summed E-state index contributed by atoms with van der Waals surface area (Å²) in [7, 11) is 0. The van der Waals surface area contributed by atoms with Crippen LogP contribution >= 0.6 is 0 Å². The number of fused-ring (bicyclic) bond motifs is 1. The fraction of sp³-hybridized carbons (Fsp3) is 0.234. The molecule has 346 valence electrons. The van der Waals surface area contributed by atoms with Crippen molar-refractivity contribution < 1.29 is 26.2 Å². The summed E-state index contributed by atoms with van der Waals surface area (Å²) in [6.45, 7) is 24.4. The van der Waals surface area contributed by atoms with Crippen LogP contribution in [-0.4, -0.2) is 14.7 Å². The van der Waals surface area contributed by atoms with Gasteiger partial charge in [-0.1, -0.05) is 190 Å². The van der Waals surface area contributed by atoms with E-state index in [9.17, 15) is 5.11 Å².